The first-order chi connectivity index (χ1) is 13.1. The first-order valence-electron chi connectivity index (χ1n) is 8.24. The summed E-state index contributed by atoms with van der Waals surface area (Å²) in [5.74, 6) is -0.979. The molecule has 0 aliphatic heterocycles. The van der Waals surface area contributed by atoms with Gasteiger partial charge in [-0.3, -0.25) is 19.6 Å². The number of benzene rings is 1. The van der Waals surface area contributed by atoms with Crippen LogP contribution in [0.4, 0.5) is 10.1 Å². The number of anilines is 1. The van der Waals surface area contributed by atoms with Crippen LogP contribution in [0.2, 0.25) is 0 Å². The van der Waals surface area contributed by atoms with Gasteiger partial charge in [0, 0.05) is 35.4 Å². The Balaban J connectivity index is 1.92. The summed E-state index contributed by atoms with van der Waals surface area (Å²) >= 11 is 0. The van der Waals surface area contributed by atoms with Crippen molar-refractivity contribution in [2.24, 2.45) is 5.73 Å². The maximum atomic E-state index is 13.7. The van der Waals surface area contributed by atoms with E-state index in [9.17, 15) is 14.0 Å². The zero-order valence-corrected chi connectivity index (χ0v) is 14.4. The highest BCUT2D eigenvalue weighted by atomic mass is 19.1. The lowest BCUT2D eigenvalue weighted by Crippen LogP contribution is -2.31. The summed E-state index contributed by atoms with van der Waals surface area (Å²) in [6.07, 6.45) is 4.45. The molecule has 6 nitrogen and oxygen atoms in total. The van der Waals surface area contributed by atoms with Gasteiger partial charge in [-0.25, -0.2) is 4.39 Å². The second-order valence-corrected chi connectivity index (χ2v) is 5.77. The molecule has 0 aliphatic carbocycles. The predicted molar refractivity (Wildman–Crippen MR) is 98.8 cm³/mol. The van der Waals surface area contributed by atoms with E-state index >= 15 is 0 Å². The van der Waals surface area contributed by atoms with Crippen LogP contribution in [0.1, 0.15) is 26.4 Å². The SMILES string of the molecule is NCC(=O)c1ccc(CN(C(=O)c2ccncc2)c2cccc(F)c2)nc1. The Morgan fingerprint density at radius 1 is 1.04 bits per heavy atom. The Morgan fingerprint density at radius 2 is 1.81 bits per heavy atom. The lowest BCUT2D eigenvalue weighted by atomic mass is 10.1. The fraction of sp³-hybridized carbons (Fsp3) is 0.100. The van der Waals surface area contributed by atoms with Crippen LogP contribution in [0, 0.1) is 5.82 Å². The third-order valence-electron chi connectivity index (χ3n) is 3.94. The minimum Gasteiger partial charge on any atom is -0.324 e. The third kappa shape index (κ3) is 4.39. The number of carbonyl (C=O) groups excluding carboxylic acids is 2. The van der Waals surface area contributed by atoms with Crippen molar-refractivity contribution in [1.29, 1.82) is 0 Å². The van der Waals surface area contributed by atoms with Crippen LogP contribution in [0.3, 0.4) is 0 Å². The van der Waals surface area contributed by atoms with E-state index in [1.807, 2.05) is 0 Å². The lowest BCUT2D eigenvalue weighted by Gasteiger charge is -2.23. The molecule has 27 heavy (non-hydrogen) atoms. The summed E-state index contributed by atoms with van der Waals surface area (Å²) < 4.78 is 13.7. The Hall–Kier alpha value is -3.45. The molecule has 2 heterocycles. The zero-order chi connectivity index (χ0) is 19.2. The van der Waals surface area contributed by atoms with Crippen LogP contribution in [0.5, 0.6) is 0 Å². The van der Waals surface area contributed by atoms with Crippen molar-refractivity contribution in [3.05, 3.63) is 89.8 Å². The minimum absolute atomic E-state index is 0.100. The molecule has 3 rings (SSSR count). The monoisotopic (exact) mass is 364 g/mol. The van der Waals surface area contributed by atoms with E-state index in [0.717, 1.165) is 0 Å². The average molecular weight is 364 g/mol. The predicted octanol–water partition coefficient (Wildman–Crippen LogP) is 2.60. The van der Waals surface area contributed by atoms with Gasteiger partial charge in [0.2, 0.25) is 0 Å². The van der Waals surface area contributed by atoms with Crippen molar-refractivity contribution in [3.63, 3.8) is 0 Å². The maximum Gasteiger partial charge on any atom is 0.258 e. The number of nitrogens with zero attached hydrogens (tertiary/aromatic N) is 3. The fourth-order valence-electron chi connectivity index (χ4n) is 2.54. The molecule has 1 aromatic carbocycles. The highest BCUT2D eigenvalue weighted by Crippen LogP contribution is 2.21. The molecule has 0 saturated carbocycles. The van der Waals surface area contributed by atoms with Gasteiger partial charge in [0.1, 0.15) is 5.82 Å². The van der Waals surface area contributed by atoms with Crippen molar-refractivity contribution in [3.8, 4) is 0 Å². The minimum atomic E-state index is -0.447. The van der Waals surface area contributed by atoms with E-state index in [4.69, 9.17) is 5.73 Å². The molecular formula is C20H17FN4O2. The summed E-state index contributed by atoms with van der Waals surface area (Å²) in [6.45, 7) is 0.0126. The van der Waals surface area contributed by atoms with Gasteiger partial charge in [-0.15, -0.1) is 0 Å². The molecule has 0 radical (unpaired) electrons. The van der Waals surface area contributed by atoms with Gasteiger partial charge in [0.05, 0.1) is 18.8 Å². The molecule has 0 saturated heterocycles. The number of Topliss-reactive ketones (excluding diaryl/α,β-unsaturated/α-hetero) is 1. The smallest absolute Gasteiger partial charge is 0.258 e. The normalized spacial score (nSPS) is 10.4. The van der Waals surface area contributed by atoms with Gasteiger partial charge < -0.3 is 10.6 Å². The molecule has 2 N–H and O–H groups in total. The van der Waals surface area contributed by atoms with Crippen LogP contribution in [-0.4, -0.2) is 28.2 Å². The van der Waals surface area contributed by atoms with E-state index in [1.54, 1.807) is 30.3 Å². The molecule has 7 heteroatoms. The van der Waals surface area contributed by atoms with Crippen molar-refractivity contribution in [2.45, 2.75) is 6.54 Å². The van der Waals surface area contributed by atoms with Gasteiger partial charge in [-0.1, -0.05) is 6.07 Å². The summed E-state index contributed by atoms with van der Waals surface area (Å²) in [5, 5.41) is 0. The molecule has 0 unspecified atom stereocenters. The van der Waals surface area contributed by atoms with Gasteiger partial charge >= 0.3 is 0 Å². The molecule has 2 aromatic heterocycles. The van der Waals surface area contributed by atoms with Crippen LogP contribution in [0.25, 0.3) is 0 Å². The molecular weight excluding hydrogens is 347 g/mol. The third-order valence-corrected chi connectivity index (χ3v) is 3.94. The fourth-order valence-corrected chi connectivity index (χ4v) is 2.54. The number of nitrogens with two attached hydrogens (primary N) is 1. The number of rotatable bonds is 6. The topological polar surface area (TPSA) is 89.2 Å². The maximum absolute atomic E-state index is 13.7. The average Bonchev–Trinajstić information content (AvgIpc) is 2.72. The van der Waals surface area contributed by atoms with Crippen molar-refractivity contribution in [2.75, 3.05) is 11.4 Å². The summed E-state index contributed by atoms with van der Waals surface area (Å²) in [7, 11) is 0. The standard InChI is InChI=1S/C20H17FN4O2/c21-16-2-1-3-18(10-16)25(20(27)14-6-8-23-9-7-14)13-17-5-4-15(12-24-17)19(26)11-22/h1-10,12H,11,13,22H2. The molecule has 0 aliphatic rings. The molecule has 0 bridgehead atoms. The molecule has 1 amide bonds. The molecule has 3 aromatic rings. The second kappa shape index (κ2) is 8.29. The summed E-state index contributed by atoms with van der Waals surface area (Å²) in [4.78, 5) is 34.1. The molecule has 0 atom stereocenters. The number of hydrogen-bond acceptors (Lipinski definition) is 5. The van der Waals surface area contributed by atoms with E-state index in [-0.39, 0.29) is 24.8 Å². The Kier molecular flexibility index (Phi) is 5.63. The Morgan fingerprint density at radius 3 is 2.44 bits per heavy atom. The largest absolute Gasteiger partial charge is 0.324 e. The number of aromatic nitrogens is 2. The van der Waals surface area contributed by atoms with E-state index in [1.165, 1.54) is 41.7 Å². The number of carbonyl (C=O) groups is 2. The Bertz CT molecular complexity index is 946. The van der Waals surface area contributed by atoms with Crippen LogP contribution in [0.15, 0.2) is 67.1 Å². The van der Waals surface area contributed by atoms with Gasteiger partial charge in [-0.2, -0.15) is 0 Å². The number of halogens is 1. The first-order valence-corrected chi connectivity index (χ1v) is 8.24. The number of ketones is 1. The number of pyridine rings is 2. The molecule has 0 spiro atoms. The Labute approximate surface area is 155 Å². The molecule has 0 fully saturated rings. The van der Waals surface area contributed by atoms with Crippen molar-refractivity contribution >= 4 is 17.4 Å². The quantitative estimate of drug-likeness (QED) is 0.679. The first kappa shape index (κ1) is 18.3. The summed E-state index contributed by atoms with van der Waals surface area (Å²) in [6, 6.07) is 12.2. The van der Waals surface area contributed by atoms with Crippen molar-refractivity contribution < 1.29 is 14.0 Å². The van der Waals surface area contributed by atoms with E-state index < -0.39 is 5.82 Å². The second-order valence-electron chi connectivity index (χ2n) is 5.77. The number of amides is 1. The number of hydrogen-bond donors (Lipinski definition) is 1. The van der Waals surface area contributed by atoms with E-state index in [2.05, 4.69) is 9.97 Å². The summed E-state index contributed by atoms with van der Waals surface area (Å²) in [5.41, 5.74) is 7.12. The zero-order valence-electron chi connectivity index (χ0n) is 14.4. The van der Waals surface area contributed by atoms with Gasteiger partial charge in [-0.05, 0) is 42.5 Å². The van der Waals surface area contributed by atoms with Gasteiger partial charge in [0.25, 0.3) is 5.91 Å². The van der Waals surface area contributed by atoms with E-state index in [0.29, 0.717) is 22.5 Å². The van der Waals surface area contributed by atoms with Gasteiger partial charge in [0.15, 0.2) is 5.78 Å². The van der Waals surface area contributed by atoms with Crippen LogP contribution >= 0.6 is 0 Å². The highest BCUT2D eigenvalue weighted by Gasteiger charge is 2.19. The molecule has 136 valence electrons. The van der Waals surface area contributed by atoms with Crippen molar-refractivity contribution in [1.82, 2.24) is 9.97 Å². The van der Waals surface area contributed by atoms with Crippen LogP contribution in [-0.2, 0) is 6.54 Å². The van der Waals surface area contributed by atoms with Crippen LogP contribution < -0.4 is 10.6 Å². The highest BCUT2D eigenvalue weighted by molar-refractivity contribution is 6.05. The lowest BCUT2D eigenvalue weighted by molar-refractivity contribution is 0.0980.